The smallest absolute Gasteiger partial charge is 0.256 e. The summed E-state index contributed by atoms with van der Waals surface area (Å²) in [6.07, 6.45) is 2.70. The van der Waals surface area contributed by atoms with Crippen LogP contribution in [0.3, 0.4) is 0 Å². The first kappa shape index (κ1) is 17.8. The number of anilines is 1. The number of nitrogens with zero attached hydrogens (tertiary/aromatic N) is 5. The molecule has 1 amide bonds. The van der Waals surface area contributed by atoms with Crippen LogP contribution >= 0.6 is 11.3 Å². The van der Waals surface area contributed by atoms with Crippen molar-refractivity contribution in [3.8, 4) is 0 Å². The third-order valence-electron chi connectivity index (χ3n) is 4.46. The van der Waals surface area contributed by atoms with Crippen LogP contribution in [0.25, 0.3) is 0 Å². The molecule has 0 aliphatic carbocycles. The van der Waals surface area contributed by atoms with Gasteiger partial charge in [-0.3, -0.25) is 9.69 Å². The molecule has 25 heavy (non-hydrogen) atoms. The first-order valence-electron chi connectivity index (χ1n) is 8.46. The van der Waals surface area contributed by atoms with Crippen molar-refractivity contribution in [2.45, 2.75) is 18.9 Å². The highest BCUT2D eigenvalue weighted by Gasteiger charge is 2.30. The van der Waals surface area contributed by atoms with E-state index < -0.39 is 0 Å². The molecular formula is C18H25N5OS. The highest BCUT2D eigenvalue weighted by Crippen LogP contribution is 2.30. The number of amides is 1. The van der Waals surface area contributed by atoms with Gasteiger partial charge >= 0.3 is 0 Å². The van der Waals surface area contributed by atoms with Crippen LogP contribution in [0, 0.1) is 0 Å². The van der Waals surface area contributed by atoms with Crippen molar-refractivity contribution in [1.29, 1.82) is 0 Å². The Morgan fingerprint density at radius 2 is 2.16 bits per heavy atom. The van der Waals surface area contributed by atoms with E-state index in [0.29, 0.717) is 11.5 Å². The molecule has 3 rings (SSSR count). The maximum Gasteiger partial charge on any atom is 0.256 e. The van der Waals surface area contributed by atoms with E-state index in [1.54, 1.807) is 36.5 Å². The van der Waals surface area contributed by atoms with Crippen molar-refractivity contribution in [3.05, 3.63) is 39.8 Å². The molecule has 1 unspecified atom stereocenters. The van der Waals surface area contributed by atoms with E-state index in [9.17, 15) is 4.79 Å². The van der Waals surface area contributed by atoms with Gasteiger partial charge in [-0.25, -0.2) is 9.97 Å². The second kappa shape index (κ2) is 7.49. The van der Waals surface area contributed by atoms with Gasteiger partial charge in [-0.2, -0.15) is 0 Å². The normalized spacial score (nSPS) is 17.7. The Hall–Kier alpha value is -1.99. The van der Waals surface area contributed by atoms with Crippen molar-refractivity contribution < 1.29 is 4.79 Å². The largest absolute Gasteiger partial charge is 0.347 e. The molecule has 0 radical (unpaired) electrons. The van der Waals surface area contributed by atoms with Crippen LogP contribution < -0.4 is 4.90 Å². The van der Waals surface area contributed by atoms with Gasteiger partial charge in [0, 0.05) is 58.3 Å². The van der Waals surface area contributed by atoms with Gasteiger partial charge in [0.1, 0.15) is 0 Å². The molecule has 3 heterocycles. The molecule has 0 N–H and O–H groups in total. The van der Waals surface area contributed by atoms with Gasteiger partial charge < -0.3 is 9.80 Å². The first-order chi connectivity index (χ1) is 12.0. The number of thiophene rings is 1. The maximum absolute atomic E-state index is 12.6. The van der Waals surface area contributed by atoms with Crippen molar-refractivity contribution in [2.24, 2.45) is 0 Å². The highest BCUT2D eigenvalue weighted by molar-refractivity contribution is 7.09. The van der Waals surface area contributed by atoms with E-state index in [4.69, 9.17) is 4.98 Å². The Morgan fingerprint density at radius 3 is 2.80 bits per heavy atom. The quantitative estimate of drug-likeness (QED) is 0.820. The molecule has 2 aromatic heterocycles. The fraction of sp³-hybridized carbons (Fsp3) is 0.500. The number of carbonyl (C=O) groups excluding carboxylic acids is 1. The molecule has 0 saturated carbocycles. The molecule has 6 nitrogen and oxygen atoms in total. The molecule has 1 fully saturated rings. The van der Waals surface area contributed by atoms with Gasteiger partial charge in [0.25, 0.3) is 5.91 Å². The van der Waals surface area contributed by atoms with Gasteiger partial charge in [-0.05, 0) is 24.4 Å². The zero-order valence-electron chi connectivity index (χ0n) is 15.3. The summed E-state index contributed by atoms with van der Waals surface area (Å²) in [6.45, 7) is 2.92. The van der Waals surface area contributed by atoms with Crippen molar-refractivity contribution in [1.82, 2.24) is 19.8 Å². The lowest BCUT2D eigenvalue weighted by Crippen LogP contribution is -2.26. The van der Waals surface area contributed by atoms with Gasteiger partial charge in [0.2, 0.25) is 5.95 Å². The Labute approximate surface area is 153 Å². The number of rotatable bonds is 5. The predicted octanol–water partition coefficient (Wildman–Crippen LogP) is 2.30. The minimum Gasteiger partial charge on any atom is -0.347 e. The number of likely N-dealkylation sites (tertiary alicyclic amines) is 1. The number of carbonyl (C=O) groups is 1. The van der Waals surface area contributed by atoms with Crippen molar-refractivity contribution >= 4 is 23.2 Å². The molecule has 134 valence electrons. The summed E-state index contributed by atoms with van der Waals surface area (Å²) < 4.78 is 0. The van der Waals surface area contributed by atoms with Crippen LogP contribution in [0.1, 0.15) is 33.3 Å². The van der Waals surface area contributed by atoms with E-state index in [0.717, 1.165) is 31.7 Å². The lowest BCUT2D eigenvalue weighted by Gasteiger charge is -2.20. The monoisotopic (exact) mass is 359 g/mol. The molecule has 2 aromatic rings. The highest BCUT2D eigenvalue weighted by atomic mass is 32.1. The van der Waals surface area contributed by atoms with Crippen molar-refractivity contribution in [2.75, 3.05) is 46.2 Å². The predicted molar refractivity (Wildman–Crippen MR) is 101 cm³/mol. The summed E-state index contributed by atoms with van der Waals surface area (Å²) in [7, 11) is 7.38. The van der Waals surface area contributed by atoms with Gasteiger partial charge in [0.15, 0.2) is 0 Å². The average Bonchev–Trinajstić information content (AvgIpc) is 3.26. The Bertz CT molecular complexity index is 729. The van der Waals surface area contributed by atoms with E-state index in [1.807, 2.05) is 19.0 Å². The third-order valence-corrected chi connectivity index (χ3v) is 5.32. The summed E-state index contributed by atoms with van der Waals surface area (Å²) in [5.41, 5.74) is 1.50. The Kier molecular flexibility index (Phi) is 5.34. The number of hydrogen-bond donors (Lipinski definition) is 0. The van der Waals surface area contributed by atoms with Crippen LogP contribution in [0.4, 0.5) is 5.95 Å². The van der Waals surface area contributed by atoms with Gasteiger partial charge in [0.05, 0.1) is 11.3 Å². The lowest BCUT2D eigenvalue weighted by atomic mass is 9.99. The lowest BCUT2D eigenvalue weighted by molar-refractivity contribution is 0.0825. The average molecular weight is 359 g/mol. The fourth-order valence-electron chi connectivity index (χ4n) is 3.14. The molecule has 1 saturated heterocycles. The number of aromatic nitrogens is 2. The Morgan fingerprint density at radius 1 is 1.36 bits per heavy atom. The zero-order chi connectivity index (χ0) is 18.0. The molecule has 0 aromatic carbocycles. The summed E-state index contributed by atoms with van der Waals surface area (Å²) in [6, 6.07) is 4.27. The Balaban J connectivity index is 1.84. The summed E-state index contributed by atoms with van der Waals surface area (Å²) in [4.78, 5) is 28.9. The maximum atomic E-state index is 12.6. The van der Waals surface area contributed by atoms with Crippen LogP contribution in [0.2, 0.25) is 0 Å². The molecule has 0 bridgehead atoms. The topological polar surface area (TPSA) is 52.6 Å². The third kappa shape index (κ3) is 3.99. The van der Waals surface area contributed by atoms with Crippen LogP contribution in [0.5, 0.6) is 0 Å². The van der Waals surface area contributed by atoms with Crippen LogP contribution in [-0.4, -0.2) is 67.0 Å². The second-order valence-corrected chi connectivity index (χ2v) is 7.90. The summed E-state index contributed by atoms with van der Waals surface area (Å²) in [5.74, 6) is 0.889. The molecule has 1 aliphatic rings. The number of hydrogen-bond acceptors (Lipinski definition) is 6. The molecular weight excluding hydrogens is 334 g/mol. The van der Waals surface area contributed by atoms with Crippen LogP contribution in [-0.2, 0) is 6.54 Å². The van der Waals surface area contributed by atoms with E-state index >= 15 is 0 Å². The SMILES string of the molecule is CN(C)C(=O)c1cnc(N(C)C)nc1C1CCN(Cc2cccs2)C1. The van der Waals surface area contributed by atoms with E-state index in [1.165, 1.54) is 4.88 Å². The minimum absolute atomic E-state index is 0.0305. The van der Waals surface area contributed by atoms with Crippen LogP contribution in [0.15, 0.2) is 23.7 Å². The van der Waals surface area contributed by atoms with Gasteiger partial charge in [-0.1, -0.05) is 6.07 Å². The fourth-order valence-corrected chi connectivity index (χ4v) is 3.89. The second-order valence-electron chi connectivity index (χ2n) is 6.86. The first-order valence-corrected chi connectivity index (χ1v) is 9.34. The van der Waals surface area contributed by atoms with E-state index in [2.05, 4.69) is 27.4 Å². The van der Waals surface area contributed by atoms with Gasteiger partial charge in [-0.15, -0.1) is 11.3 Å². The summed E-state index contributed by atoms with van der Waals surface area (Å²) in [5, 5.41) is 2.12. The molecule has 7 heteroatoms. The molecule has 0 spiro atoms. The van der Waals surface area contributed by atoms with E-state index in [-0.39, 0.29) is 11.8 Å². The standard InChI is InChI=1S/C18H25N5OS/c1-21(2)17(24)15-10-19-18(22(3)4)20-16(15)13-7-8-23(11-13)12-14-6-5-9-25-14/h5-6,9-10,13H,7-8,11-12H2,1-4H3. The molecule has 1 atom stereocenters. The van der Waals surface area contributed by atoms with Crippen molar-refractivity contribution in [3.63, 3.8) is 0 Å². The summed E-state index contributed by atoms with van der Waals surface area (Å²) >= 11 is 1.79. The zero-order valence-corrected chi connectivity index (χ0v) is 16.1. The minimum atomic E-state index is -0.0305. The molecule has 1 aliphatic heterocycles.